The van der Waals surface area contributed by atoms with Crippen LogP contribution in [0.1, 0.15) is 134 Å². The van der Waals surface area contributed by atoms with Gasteiger partial charge in [0, 0.05) is 34.7 Å². The van der Waals surface area contributed by atoms with Gasteiger partial charge in [-0.2, -0.15) is 0 Å². The first-order valence-corrected chi connectivity index (χ1v) is 21.1. The first-order chi connectivity index (χ1) is 26.2. The monoisotopic (exact) mass is 716 g/mol. The molecule has 0 aliphatic heterocycles. The van der Waals surface area contributed by atoms with Crippen LogP contribution in [0.2, 0.25) is 0 Å². The van der Waals surface area contributed by atoms with E-state index in [1.54, 1.807) is 0 Å². The van der Waals surface area contributed by atoms with Gasteiger partial charge in [-0.3, -0.25) is 9.98 Å². The van der Waals surface area contributed by atoms with Gasteiger partial charge in [0.05, 0.1) is 0 Å². The highest BCUT2D eigenvalue weighted by Crippen LogP contribution is 2.63. The summed E-state index contributed by atoms with van der Waals surface area (Å²) in [6.45, 7) is 4.33. The third kappa shape index (κ3) is 6.03. The van der Waals surface area contributed by atoms with Crippen LogP contribution >= 0.6 is 0 Å². The van der Waals surface area contributed by atoms with Crippen molar-refractivity contribution in [2.24, 2.45) is 45.5 Å². The van der Waals surface area contributed by atoms with Gasteiger partial charge in [-0.05, 0) is 172 Å². The molecule has 54 heavy (non-hydrogen) atoms. The Kier molecular flexibility index (Phi) is 8.42. The average Bonchev–Trinajstić information content (AvgIpc) is 3.14. The van der Waals surface area contributed by atoms with Crippen LogP contribution in [0.3, 0.4) is 0 Å². The Hall–Kier alpha value is -4.18. The Bertz CT molecular complexity index is 1880. The quantitative estimate of drug-likeness (QED) is 0.169. The molecule has 8 fully saturated rings. The van der Waals surface area contributed by atoms with E-state index in [-0.39, 0.29) is 22.9 Å². The van der Waals surface area contributed by atoms with Crippen LogP contribution in [-0.2, 0) is 10.8 Å². The van der Waals surface area contributed by atoms with Crippen LogP contribution in [0.4, 0.5) is 0 Å². The van der Waals surface area contributed by atoms with Crippen molar-refractivity contribution in [1.82, 2.24) is 0 Å². The summed E-state index contributed by atoms with van der Waals surface area (Å²) >= 11 is 0. The normalized spacial score (nSPS) is 33.2. The van der Waals surface area contributed by atoms with E-state index in [0.717, 1.165) is 68.9 Å². The van der Waals surface area contributed by atoms with Gasteiger partial charge >= 0.3 is 0 Å². The minimum absolute atomic E-state index is 0.0913. The van der Waals surface area contributed by atoms with Crippen LogP contribution in [0, 0.1) is 49.4 Å². The van der Waals surface area contributed by atoms with E-state index < -0.39 is 0 Å². The minimum atomic E-state index is -0.345. The van der Waals surface area contributed by atoms with Crippen LogP contribution in [-0.4, -0.2) is 22.6 Å². The number of aliphatic imine (C=N–C) groups is 2. The number of benzene rings is 4. The lowest BCUT2D eigenvalue weighted by Gasteiger charge is -2.57. The fourth-order valence-corrected chi connectivity index (χ4v) is 13.8. The Morgan fingerprint density at radius 2 is 0.815 bits per heavy atom. The van der Waals surface area contributed by atoms with Gasteiger partial charge in [-0.1, -0.05) is 72.8 Å². The van der Waals surface area contributed by atoms with Crippen molar-refractivity contribution in [3.8, 4) is 11.5 Å². The fraction of sp³-hybridized carbons (Fsp3) is 0.480. The van der Waals surface area contributed by atoms with Crippen molar-refractivity contribution in [2.45, 2.75) is 114 Å². The maximum atomic E-state index is 12.1. The molecular weight excluding hydrogens is 661 g/mol. The van der Waals surface area contributed by atoms with Gasteiger partial charge in [0.2, 0.25) is 0 Å². The predicted octanol–water partition coefficient (Wildman–Crippen LogP) is 11.7. The molecule has 12 rings (SSSR count). The molecule has 8 saturated carbocycles. The Balaban J connectivity index is 1.03. The summed E-state index contributed by atoms with van der Waals surface area (Å²) in [5.41, 5.74) is 8.58. The van der Waals surface area contributed by atoms with Crippen molar-refractivity contribution >= 4 is 12.4 Å². The number of nitrogens with zero attached hydrogens (tertiary/aromatic N) is 2. The lowest BCUT2D eigenvalue weighted by Crippen LogP contribution is -2.48. The maximum absolute atomic E-state index is 12.1. The van der Waals surface area contributed by atoms with Crippen molar-refractivity contribution in [3.05, 3.63) is 129 Å². The molecule has 2 N–H and O–H groups in total. The summed E-state index contributed by atoms with van der Waals surface area (Å²) in [6.07, 6.45) is 19.4. The molecule has 4 heteroatoms. The minimum Gasteiger partial charge on any atom is -0.507 e. The van der Waals surface area contributed by atoms with E-state index in [4.69, 9.17) is 9.98 Å². The van der Waals surface area contributed by atoms with Crippen molar-refractivity contribution in [2.75, 3.05) is 0 Å². The zero-order chi connectivity index (χ0) is 36.6. The third-order valence-corrected chi connectivity index (χ3v) is 15.1. The van der Waals surface area contributed by atoms with Gasteiger partial charge in [-0.15, -0.1) is 0 Å². The average molecular weight is 717 g/mol. The summed E-state index contributed by atoms with van der Waals surface area (Å²) < 4.78 is 0. The second-order valence-electron chi connectivity index (χ2n) is 19.2. The zero-order valence-electron chi connectivity index (χ0n) is 32.1. The molecule has 0 aromatic heterocycles. The molecular formula is C50H56N2O2. The molecule has 0 unspecified atom stereocenters. The lowest BCUT2D eigenvalue weighted by molar-refractivity contribution is -0.00631. The number of phenols is 2. The number of aryl methyl sites for hydroxylation is 2. The third-order valence-electron chi connectivity index (χ3n) is 15.1. The number of aromatic hydroxyl groups is 2. The van der Waals surface area contributed by atoms with E-state index in [9.17, 15) is 10.2 Å². The summed E-state index contributed by atoms with van der Waals surface area (Å²) in [4.78, 5) is 10.7. The molecule has 8 bridgehead atoms. The highest BCUT2D eigenvalue weighted by atomic mass is 16.3. The molecule has 2 atom stereocenters. The van der Waals surface area contributed by atoms with E-state index in [2.05, 4.69) is 86.6 Å². The topological polar surface area (TPSA) is 65.2 Å². The van der Waals surface area contributed by atoms with Gasteiger partial charge < -0.3 is 10.2 Å². The molecule has 4 aromatic carbocycles. The second kappa shape index (κ2) is 13.2. The van der Waals surface area contributed by atoms with E-state index in [0.29, 0.717) is 11.5 Å². The smallest absolute Gasteiger partial charge is 0.128 e. The van der Waals surface area contributed by atoms with Gasteiger partial charge in [0.1, 0.15) is 23.6 Å². The van der Waals surface area contributed by atoms with Crippen LogP contribution in [0.15, 0.2) is 94.9 Å². The molecule has 0 amide bonds. The predicted molar refractivity (Wildman–Crippen MR) is 219 cm³/mol. The van der Waals surface area contributed by atoms with E-state index in [1.807, 2.05) is 24.6 Å². The molecule has 0 radical (unpaired) electrons. The zero-order valence-corrected chi connectivity index (χ0v) is 32.1. The van der Waals surface area contributed by atoms with Crippen LogP contribution in [0.5, 0.6) is 11.5 Å². The van der Waals surface area contributed by atoms with E-state index in [1.165, 1.54) is 88.2 Å². The highest BCUT2D eigenvalue weighted by molar-refractivity contribution is 5.86. The van der Waals surface area contributed by atoms with Crippen LogP contribution < -0.4 is 0 Å². The molecule has 0 saturated heterocycles. The van der Waals surface area contributed by atoms with Gasteiger partial charge in [-0.25, -0.2) is 0 Å². The maximum Gasteiger partial charge on any atom is 0.128 e. The van der Waals surface area contributed by atoms with Crippen molar-refractivity contribution in [1.29, 1.82) is 0 Å². The Morgan fingerprint density at radius 3 is 1.13 bits per heavy atom. The van der Waals surface area contributed by atoms with Crippen LogP contribution in [0.25, 0.3) is 0 Å². The molecule has 8 aliphatic rings. The largest absolute Gasteiger partial charge is 0.507 e. The summed E-state index contributed by atoms with van der Waals surface area (Å²) in [7, 11) is 0. The number of hydrogen-bond donors (Lipinski definition) is 2. The first-order valence-electron chi connectivity index (χ1n) is 21.1. The SMILES string of the molecule is Cc1cc(C=N[C@H](c2ccccc2)[C@H](N=Cc2cc(C)cc(C34CC5CC(CC(C5)C3)C4)c2O)c2ccccc2)c(O)c(C23CC4CC(CC(C4)C2)C3)c1. The highest BCUT2D eigenvalue weighted by Gasteiger charge is 2.54. The standard InChI is InChI=1S/C50H56N2O2/c1-31-13-41(47(53)43(15-31)49-23-33-17-34(24-49)19-35(18-33)25-49)29-51-45(39-9-5-3-6-10-39)46(40-11-7-4-8-12-40)52-30-42-14-32(2)16-44(48(42)54)50-26-36-20-37(27-50)22-38(21-36)28-50/h3-16,29-30,33-38,45-46,53-54H,17-28H2,1-2H3/t33?,34?,35?,36?,37?,38?,45-,46-,49?,50?/m1/s1. The van der Waals surface area contributed by atoms with Gasteiger partial charge in [0.15, 0.2) is 0 Å². The number of phenolic OH excluding ortho intramolecular Hbond substituents is 2. The van der Waals surface area contributed by atoms with Gasteiger partial charge in [0.25, 0.3) is 0 Å². The number of rotatable bonds is 9. The molecule has 278 valence electrons. The Morgan fingerprint density at radius 1 is 0.500 bits per heavy atom. The molecule has 4 aromatic rings. The molecule has 4 nitrogen and oxygen atoms in total. The first kappa shape index (κ1) is 34.3. The number of hydrogen-bond acceptors (Lipinski definition) is 4. The Labute approximate surface area is 321 Å². The lowest BCUT2D eigenvalue weighted by atomic mass is 9.48. The van der Waals surface area contributed by atoms with Crippen molar-refractivity contribution < 1.29 is 10.2 Å². The fourth-order valence-electron chi connectivity index (χ4n) is 13.8. The molecule has 0 heterocycles. The summed E-state index contributed by atoms with van der Waals surface area (Å²) in [5, 5.41) is 24.2. The second-order valence-corrected chi connectivity index (χ2v) is 19.2. The summed E-state index contributed by atoms with van der Waals surface area (Å²) in [6, 6.07) is 29.0. The van der Waals surface area contributed by atoms with E-state index >= 15 is 0 Å². The molecule has 8 aliphatic carbocycles. The van der Waals surface area contributed by atoms with Crippen molar-refractivity contribution in [3.63, 3.8) is 0 Å². The molecule has 0 spiro atoms. The summed E-state index contributed by atoms with van der Waals surface area (Å²) in [5.74, 6) is 5.65.